The monoisotopic (exact) mass is 235 g/mol. The molecule has 0 radical (unpaired) electrons. The Morgan fingerprint density at radius 1 is 1.29 bits per heavy atom. The standard InChI is InChI=1S/C12H21N5/c1-2-13-12-15-6-5-11(16-12)14-7-10-17-8-3-4-9-17/h5-6H,2-4,7-10H2,1H3,(H2,13,14,15,16). The molecule has 0 atom stereocenters. The van der Waals surface area contributed by atoms with Crippen molar-refractivity contribution in [2.75, 3.05) is 43.4 Å². The summed E-state index contributed by atoms with van der Waals surface area (Å²) in [5, 5.41) is 6.44. The predicted molar refractivity (Wildman–Crippen MR) is 70.4 cm³/mol. The van der Waals surface area contributed by atoms with E-state index < -0.39 is 0 Å². The van der Waals surface area contributed by atoms with Gasteiger partial charge in [-0.3, -0.25) is 0 Å². The molecule has 1 fully saturated rings. The molecule has 0 unspecified atom stereocenters. The fourth-order valence-electron chi connectivity index (χ4n) is 2.05. The van der Waals surface area contributed by atoms with Gasteiger partial charge in [0.1, 0.15) is 5.82 Å². The fourth-order valence-corrected chi connectivity index (χ4v) is 2.05. The molecule has 5 nitrogen and oxygen atoms in total. The lowest BCUT2D eigenvalue weighted by Gasteiger charge is -2.15. The number of nitrogens with zero attached hydrogens (tertiary/aromatic N) is 3. The summed E-state index contributed by atoms with van der Waals surface area (Å²) in [5.74, 6) is 1.59. The normalized spacial score (nSPS) is 16.1. The summed E-state index contributed by atoms with van der Waals surface area (Å²) in [5.41, 5.74) is 0. The molecular formula is C12H21N5. The molecule has 0 aromatic carbocycles. The summed E-state index contributed by atoms with van der Waals surface area (Å²) < 4.78 is 0. The molecule has 0 bridgehead atoms. The number of anilines is 2. The number of aromatic nitrogens is 2. The first-order valence-corrected chi connectivity index (χ1v) is 6.41. The van der Waals surface area contributed by atoms with Gasteiger partial charge in [-0.2, -0.15) is 4.98 Å². The number of hydrogen-bond acceptors (Lipinski definition) is 5. The maximum absolute atomic E-state index is 4.37. The van der Waals surface area contributed by atoms with Gasteiger partial charge in [0.25, 0.3) is 0 Å². The molecule has 0 aliphatic carbocycles. The van der Waals surface area contributed by atoms with Crippen molar-refractivity contribution in [2.45, 2.75) is 19.8 Å². The highest BCUT2D eigenvalue weighted by Gasteiger charge is 2.10. The molecule has 0 spiro atoms. The van der Waals surface area contributed by atoms with Crippen LogP contribution in [0.1, 0.15) is 19.8 Å². The highest BCUT2D eigenvalue weighted by atomic mass is 15.2. The van der Waals surface area contributed by atoms with E-state index in [1.54, 1.807) is 6.20 Å². The van der Waals surface area contributed by atoms with Gasteiger partial charge < -0.3 is 15.5 Å². The van der Waals surface area contributed by atoms with Gasteiger partial charge in [-0.1, -0.05) is 0 Å². The van der Waals surface area contributed by atoms with Gasteiger partial charge in [0.15, 0.2) is 0 Å². The van der Waals surface area contributed by atoms with Crippen LogP contribution in [0.2, 0.25) is 0 Å². The molecule has 2 heterocycles. The molecule has 2 N–H and O–H groups in total. The van der Waals surface area contributed by atoms with Gasteiger partial charge in [-0.25, -0.2) is 4.98 Å². The molecule has 1 aromatic rings. The molecular weight excluding hydrogens is 214 g/mol. The van der Waals surface area contributed by atoms with Crippen LogP contribution in [-0.2, 0) is 0 Å². The minimum absolute atomic E-state index is 0.693. The van der Waals surface area contributed by atoms with Gasteiger partial charge in [-0.15, -0.1) is 0 Å². The third-order valence-corrected chi connectivity index (χ3v) is 2.92. The maximum atomic E-state index is 4.37. The Bertz CT molecular complexity index is 335. The van der Waals surface area contributed by atoms with Crippen molar-refractivity contribution in [2.24, 2.45) is 0 Å². The van der Waals surface area contributed by atoms with Crippen molar-refractivity contribution in [3.8, 4) is 0 Å². The Morgan fingerprint density at radius 3 is 2.88 bits per heavy atom. The van der Waals surface area contributed by atoms with E-state index in [1.807, 2.05) is 13.0 Å². The van der Waals surface area contributed by atoms with Crippen molar-refractivity contribution < 1.29 is 0 Å². The molecule has 5 heteroatoms. The molecule has 1 aliphatic heterocycles. The second-order valence-electron chi connectivity index (χ2n) is 4.27. The minimum atomic E-state index is 0.693. The lowest BCUT2D eigenvalue weighted by atomic mass is 10.4. The van der Waals surface area contributed by atoms with Crippen molar-refractivity contribution in [1.29, 1.82) is 0 Å². The van der Waals surface area contributed by atoms with Crippen LogP contribution in [0.5, 0.6) is 0 Å². The molecule has 94 valence electrons. The van der Waals surface area contributed by atoms with Gasteiger partial charge in [-0.05, 0) is 38.9 Å². The van der Waals surface area contributed by atoms with Crippen LogP contribution in [0, 0.1) is 0 Å². The third kappa shape index (κ3) is 3.85. The Morgan fingerprint density at radius 2 is 2.12 bits per heavy atom. The molecule has 0 amide bonds. The van der Waals surface area contributed by atoms with Gasteiger partial charge >= 0.3 is 0 Å². The number of hydrogen-bond donors (Lipinski definition) is 2. The van der Waals surface area contributed by atoms with Gasteiger partial charge in [0, 0.05) is 25.8 Å². The highest BCUT2D eigenvalue weighted by Crippen LogP contribution is 2.08. The van der Waals surface area contributed by atoms with Crippen LogP contribution >= 0.6 is 0 Å². The Kier molecular flexibility index (Phi) is 4.55. The van der Waals surface area contributed by atoms with Crippen LogP contribution in [-0.4, -0.2) is 47.6 Å². The summed E-state index contributed by atoms with van der Waals surface area (Å²) in [7, 11) is 0. The van der Waals surface area contributed by atoms with Crippen molar-refractivity contribution in [3.63, 3.8) is 0 Å². The molecule has 17 heavy (non-hydrogen) atoms. The number of rotatable bonds is 6. The predicted octanol–water partition coefficient (Wildman–Crippen LogP) is 1.42. The van der Waals surface area contributed by atoms with Crippen LogP contribution in [0.15, 0.2) is 12.3 Å². The van der Waals surface area contributed by atoms with Crippen LogP contribution in [0.4, 0.5) is 11.8 Å². The van der Waals surface area contributed by atoms with Crippen LogP contribution < -0.4 is 10.6 Å². The zero-order chi connectivity index (χ0) is 11.9. The number of nitrogens with one attached hydrogen (secondary N) is 2. The first kappa shape index (κ1) is 12.1. The van der Waals surface area contributed by atoms with E-state index >= 15 is 0 Å². The summed E-state index contributed by atoms with van der Waals surface area (Å²) in [6.07, 6.45) is 4.47. The zero-order valence-corrected chi connectivity index (χ0v) is 10.4. The fraction of sp³-hybridized carbons (Fsp3) is 0.667. The van der Waals surface area contributed by atoms with Crippen molar-refractivity contribution in [1.82, 2.24) is 14.9 Å². The van der Waals surface area contributed by atoms with E-state index in [4.69, 9.17) is 0 Å². The molecule has 2 rings (SSSR count). The largest absolute Gasteiger partial charge is 0.369 e. The van der Waals surface area contributed by atoms with Gasteiger partial charge in [0.05, 0.1) is 0 Å². The van der Waals surface area contributed by atoms with Crippen molar-refractivity contribution in [3.05, 3.63) is 12.3 Å². The van der Waals surface area contributed by atoms with E-state index in [-0.39, 0.29) is 0 Å². The molecule has 1 aromatic heterocycles. The van der Waals surface area contributed by atoms with E-state index in [9.17, 15) is 0 Å². The molecule has 0 saturated carbocycles. The second kappa shape index (κ2) is 6.39. The third-order valence-electron chi connectivity index (χ3n) is 2.92. The average molecular weight is 235 g/mol. The Hall–Kier alpha value is -1.36. The first-order chi connectivity index (χ1) is 8.38. The second-order valence-corrected chi connectivity index (χ2v) is 4.27. The minimum Gasteiger partial charge on any atom is -0.369 e. The summed E-state index contributed by atoms with van der Waals surface area (Å²) in [6.45, 7) is 7.42. The Labute approximate surface area is 103 Å². The molecule has 1 saturated heterocycles. The van der Waals surface area contributed by atoms with Crippen LogP contribution in [0.25, 0.3) is 0 Å². The zero-order valence-electron chi connectivity index (χ0n) is 10.4. The maximum Gasteiger partial charge on any atom is 0.224 e. The van der Waals surface area contributed by atoms with Crippen LogP contribution in [0.3, 0.4) is 0 Å². The highest BCUT2D eigenvalue weighted by molar-refractivity contribution is 5.39. The lowest BCUT2D eigenvalue weighted by molar-refractivity contribution is 0.352. The Balaban J connectivity index is 1.75. The van der Waals surface area contributed by atoms with E-state index in [0.29, 0.717) is 5.95 Å². The average Bonchev–Trinajstić information content (AvgIpc) is 2.83. The van der Waals surface area contributed by atoms with E-state index in [1.165, 1.54) is 25.9 Å². The summed E-state index contributed by atoms with van der Waals surface area (Å²) in [4.78, 5) is 11.0. The summed E-state index contributed by atoms with van der Waals surface area (Å²) >= 11 is 0. The SMILES string of the molecule is CCNc1nccc(NCCN2CCCC2)n1. The van der Waals surface area contributed by atoms with E-state index in [2.05, 4.69) is 25.5 Å². The lowest BCUT2D eigenvalue weighted by Crippen LogP contribution is -2.26. The first-order valence-electron chi connectivity index (χ1n) is 6.41. The molecule has 1 aliphatic rings. The number of likely N-dealkylation sites (tertiary alicyclic amines) is 1. The summed E-state index contributed by atoms with van der Waals surface area (Å²) in [6, 6.07) is 1.91. The van der Waals surface area contributed by atoms with E-state index in [0.717, 1.165) is 25.5 Å². The smallest absolute Gasteiger partial charge is 0.224 e. The van der Waals surface area contributed by atoms with Gasteiger partial charge in [0.2, 0.25) is 5.95 Å². The van der Waals surface area contributed by atoms with Crippen molar-refractivity contribution >= 4 is 11.8 Å². The quantitative estimate of drug-likeness (QED) is 0.781. The topological polar surface area (TPSA) is 53.1 Å².